The molecular weight excluding hydrogens is 911 g/mol. The van der Waals surface area contributed by atoms with Gasteiger partial charge < -0.3 is 0 Å². The molecule has 0 nitrogen and oxygen atoms in total. The van der Waals surface area contributed by atoms with Gasteiger partial charge in [0.15, 0.2) is 0 Å². The molecule has 334 valence electrons. The van der Waals surface area contributed by atoms with Gasteiger partial charge in [0.05, 0.1) is 0 Å². The van der Waals surface area contributed by atoms with Gasteiger partial charge in [-0.25, -0.2) is 0 Å². The molecule has 0 bridgehead atoms. The number of allylic oxidation sites excluding steroid dienone is 2. The molecule has 6 aromatic carbocycles. The summed E-state index contributed by atoms with van der Waals surface area (Å²) in [7, 11) is 0. The number of hydrogen-bond donors (Lipinski definition) is 0. The Balaban J connectivity index is 0.00000280. The van der Waals surface area contributed by atoms with E-state index in [2.05, 4.69) is 163 Å². The Labute approximate surface area is 400 Å². The average Bonchev–Trinajstić information content (AvgIpc) is 3.82. The first-order valence-corrected chi connectivity index (χ1v) is 38.4. The molecule has 0 spiro atoms. The van der Waals surface area contributed by atoms with Crippen molar-refractivity contribution in [2.75, 3.05) is 0 Å². The first-order chi connectivity index (χ1) is 30.0. The van der Waals surface area contributed by atoms with Gasteiger partial charge in [0.1, 0.15) is 0 Å². The van der Waals surface area contributed by atoms with Crippen LogP contribution in [0.25, 0.3) is 56.0 Å². The summed E-state index contributed by atoms with van der Waals surface area (Å²) in [4.78, 5) is 0. The third-order valence-electron chi connectivity index (χ3n) is 16.7. The molecule has 0 radical (unpaired) electrons. The van der Waals surface area contributed by atoms with E-state index in [1.807, 2.05) is 0 Å². The van der Waals surface area contributed by atoms with Crippen molar-refractivity contribution < 1.29 is 17.4 Å². The average molecular weight is 983 g/mol. The number of halogens is 2. The number of fused-ring (bicyclic) bond motifs is 4. The fourth-order valence-electron chi connectivity index (χ4n) is 13.7. The molecule has 6 aromatic rings. The molecule has 0 aromatic heterocycles. The summed E-state index contributed by atoms with van der Waals surface area (Å²) in [5.41, 5.74) is 16.1. The molecular formula is C60H72Cl2SiZr. The summed E-state index contributed by atoms with van der Waals surface area (Å²) in [5, 5.41) is 5.31. The van der Waals surface area contributed by atoms with Gasteiger partial charge in [-0.3, -0.25) is 0 Å². The Morgan fingerprint density at radius 1 is 0.453 bits per heavy atom. The molecule has 0 heterocycles. The number of benzene rings is 6. The van der Waals surface area contributed by atoms with E-state index in [4.69, 9.17) is 0 Å². The molecule has 0 amide bonds. The van der Waals surface area contributed by atoms with Crippen LogP contribution < -0.4 is 0 Å². The Hall–Kier alpha value is -3.00. The Morgan fingerprint density at radius 3 is 1.20 bits per heavy atom. The number of hydrogen-bond acceptors (Lipinski definition) is 0. The van der Waals surface area contributed by atoms with Crippen LogP contribution in [0.3, 0.4) is 0 Å². The zero-order valence-corrected chi connectivity index (χ0v) is 44.7. The molecule has 10 rings (SSSR count). The SMILES string of the molecule is CC1(CC2=Cc3c(-c4ccc5ccccc5c4)cccc3[CH]2[Zr]([CH3])([CH3])(=[SiH2])[CH]2C(CC3(C)CCCCCCC3)=Cc3c(-c4ccc5ccccc5c4)cccc32)CCCCCCC1.Cl.Cl. The fraction of sp³-hybridized carbons (Fsp3) is 0.400. The second kappa shape index (κ2) is 18.9. The molecule has 0 aliphatic heterocycles. The van der Waals surface area contributed by atoms with Crippen LogP contribution in [0.5, 0.6) is 0 Å². The van der Waals surface area contributed by atoms with Gasteiger partial charge in [0.25, 0.3) is 0 Å². The van der Waals surface area contributed by atoms with Gasteiger partial charge in [-0.2, -0.15) is 0 Å². The van der Waals surface area contributed by atoms with Crippen molar-refractivity contribution in [2.45, 2.75) is 133 Å². The van der Waals surface area contributed by atoms with Crippen LogP contribution in [0.4, 0.5) is 0 Å². The van der Waals surface area contributed by atoms with Crippen molar-refractivity contribution in [3.63, 3.8) is 0 Å². The van der Waals surface area contributed by atoms with Gasteiger partial charge >= 0.3 is 379 Å². The zero-order chi connectivity index (χ0) is 42.6. The van der Waals surface area contributed by atoms with E-state index in [0.717, 1.165) is 0 Å². The van der Waals surface area contributed by atoms with E-state index in [0.29, 0.717) is 18.1 Å². The topological polar surface area (TPSA) is 0 Å². The van der Waals surface area contributed by atoms with Crippen molar-refractivity contribution >= 4 is 65.4 Å². The maximum absolute atomic E-state index is 4.03. The molecule has 4 heteroatoms. The summed E-state index contributed by atoms with van der Waals surface area (Å²) >= 11 is -4.03. The minimum Gasteiger partial charge on any atom is -0.147 e. The monoisotopic (exact) mass is 980 g/mol. The van der Waals surface area contributed by atoms with Crippen LogP contribution in [0.1, 0.15) is 146 Å². The van der Waals surface area contributed by atoms with E-state index < -0.39 is 17.4 Å². The predicted molar refractivity (Wildman–Crippen MR) is 285 cm³/mol. The van der Waals surface area contributed by atoms with Crippen LogP contribution in [-0.4, -0.2) is 6.88 Å². The molecule has 2 fully saturated rings. The maximum Gasteiger partial charge on any atom is -0.147 e. The smallest absolute Gasteiger partial charge is 0.147 e. The van der Waals surface area contributed by atoms with Crippen LogP contribution in [-0.2, 0) is 17.4 Å². The summed E-state index contributed by atoms with van der Waals surface area (Å²) in [6, 6.07) is 47.1. The summed E-state index contributed by atoms with van der Waals surface area (Å²) in [6.45, 7) is 7.94. The molecule has 0 saturated heterocycles. The van der Waals surface area contributed by atoms with Crippen LogP contribution >= 0.6 is 24.8 Å². The van der Waals surface area contributed by atoms with E-state index in [9.17, 15) is 0 Å². The first kappa shape index (κ1) is 47.5. The normalized spacial score (nSPS) is 20.9. The van der Waals surface area contributed by atoms with Crippen LogP contribution in [0.15, 0.2) is 132 Å². The minimum atomic E-state index is -4.03. The standard InChI is InChI=1S/2C29H31.2CH3.2ClH.H2Si.Zr/c2*1-29(16-7-3-2-4-8-17-29)21-22-18-25-12-9-13-27(28(25)19-22)26-15-14-23-10-5-6-11-24(23)20-26;;;;;;/h2*5-6,9-15,18-20H,2-4,7-8,16-17,21H2,1H3;2*1H3;2*1H;1H2;. The quantitative estimate of drug-likeness (QED) is 0.133. The van der Waals surface area contributed by atoms with Crippen LogP contribution in [0.2, 0.25) is 9.26 Å². The fourth-order valence-corrected chi connectivity index (χ4v) is 33.4. The van der Waals surface area contributed by atoms with Gasteiger partial charge in [-0.1, -0.05) is 0 Å². The number of rotatable bonds is 8. The Morgan fingerprint density at radius 2 is 0.812 bits per heavy atom. The summed E-state index contributed by atoms with van der Waals surface area (Å²) in [6.07, 6.45) is 27.4. The van der Waals surface area contributed by atoms with E-state index in [1.54, 1.807) is 22.3 Å². The van der Waals surface area contributed by atoms with E-state index in [-0.39, 0.29) is 24.8 Å². The van der Waals surface area contributed by atoms with Gasteiger partial charge in [-0.05, 0) is 0 Å². The zero-order valence-electron chi connectivity index (χ0n) is 39.2. The van der Waals surface area contributed by atoms with E-state index >= 15 is 0 Å². The van der Waals surface area contributed by atoms with E-state index in [1.165, 1.54) is 158 Å². The molecule has 64 heavy (non-hydrogen) atoms. The predicted octanol–water partition coefficient (Wildman–Crippen LogP) is 18.4. The largest absolute Gasteiger partial charge is 0.147 e. The van der Waals surface area contributed by atoms with Crippen molar-refractivity contribution in [1.29, 1.82) is 0 Å². The van der Waals surface area contributed by atoms with Gasteiger partial charge in [0.2, 0.25) is 0 Å². The molecule has 2 saturated carbocycles. The Bertz CT molecular complexity index is 2600. The van der Waals surface area contributed by atoms with Crippen molar-refractivity contribution in [3.8, 4) is 22.3 Å². The summed E-state index contributed by atoms with van der Waals surface area (Å²) < 4.78 is 6.85. The van der Waals surface area contributed by atoms with Crippen molar-refractivity contribution in [3.05, 3.63) is 155 Å². The molecule has 4 aliphatic rings. The molecule has 4 aliphatic carbocycles. The van der Waals surface area contributed by atoms with Crippen molar-refractivity contribution in [1.82, 2.24) is 0 Å². The minimum absolute atomic E-state index is 0. The summed E-state index contributed by atoms with van der Waals surface area (Å²) in [5.74, 6) is 0. The third-order valence-corrected chi connectivity index (χ3v) is 34.2. The third kappa shape index (κ3) is 9.18. The van der Waals surface area contributed by atoms with Gasteiger partial charge in [-0.15, -0.1) is 24.8 Å². The first-order valence-electron chi connectivity index (χ1n) is 24.7. The second-order valence-electron chi connectivity index (χ2n) is 22.5. The molecule has 2 atom stereocenters. The molecule has 2 unspecified atom stereocenters. The van der Waals surface area contributed by atoms with Crippen molar-refractivity contribution in [2.24, 2.45) is 10.8 Å². The van der Waals surface area contributed by atoms with Crippen LogP contribution in [0, 0.1) is 10.8 Å². The second-order valence-corrected chi connectivity index (χ2v) is 53.0. The molecule has 0 N–H and O–H groups in total. The Kier molecular flexibility index (Phi) is 14.1. The maximum atomic E-state index is 2.92. The van der Waals surface area contributed by atoms with Gasteiger partial charge in [0, 0.05) is 0 Å².